The Hall–Kier alpha value is -15.5. The second-order valence-electron chi connectivity index (χ2n) is 34.9. The van der Waals surface area contributed by atoms with Gasteiger partial charge in [-0.3, -0.25) is 53.0 Å². The van der Waals surface area contributed by atoms with Crippen LogP contribution >= 0.6 is 0 Å². The van der Waals surface area contributed by atoms with Crippen LogP contribution in [0.1, 0.15) is 248 Å². The first-order valence-electron chi connectivity index (χ1n) is 45.5. The van der Waals surface area contributed by atoms with E-state index in [-0.39, 0.29) is 150 Å². The summed E-state index contributed by atoms with van der Waals surface area (Å²) in [7, 11) is 0. The summed E-state index contributed by atoms with van der Waals surface area (Å²) in [6.07, 6.45) is 5.44. The molecule has 133 heavy (non-hydrogen) atoms. The summed E-state index contributed by atoms with van der Waals surface area (Å²) >= 11 is 0. The molecule has 0 bridgehead atoms. The molecule has 17 aromatic rings. The number of carbonyl (C=O) groups is 13. The maximum Gasteiger partial charge on any atom is 0.338 e. The van der Waals surface area contributed by atoms with E-state index in [2.05, 4.69) is 0 Å². The van der Waals surface area contributed by atoms with Crippen LogP contribution in [0.25, 0.3) is 129 Å². The molecule has 1 atom stereocenters. The van der Waals surface area contributed by atoms with E-state index in [1.807, 2.05) is 76.2 Å². The smallest absolute Gasteiger partial charge is 0.338 e. The van der Waals surface area contributed by atoms with Gasteiger partial charge in [0, 0.05) is 118 Å². The lowest BCUT2D eigenvalue weighted by Gasteiger charge is -2.29. The van der Waals surface area contributed by atoms with Gasteiger partial charge in [0.25, 0.3) is 23.6 Å². The number of imide groups is 2. The van der Waals surface area contributed by atoms with E-state index in [0.717, 1.165) is 50.7 Å². The first-order chi connectivity index (χ1) is 64.5. The monoisotopic (exact) mass is 1770 g/mol. The molecular formula is C111H88N2O20. The molecule has 2 aliphatic heterocycles. The van der Waals surface area contributed by atoms with Crippen LogP contribution in [0, 0.1) is 5.92 Å². The van der Waals surface area contributed by atoms with Gasteiger partial charge in [0.2, 0.25) is 0 Å². The summed E-state index contributed by atoms with van der Waals surface area (Å²) in [6, 6.07) is 52.2. The zero-order valence-electron chi connectivity index (χ0n) is 73.9. The van der Waals surface area contributed by atoms with Gasteiger partial charge in [-0.05, 0) is 231 Å². The van der Waals surface area contributed by atoms with Crippen molar-refractivity contribution >= 4 is 206 Å². The number of carbonyl (C=O) groups excluding carboxylic acids is 12. The van der Waals surface area contributed by atoms with Crippen molar-refractivity contribution in [3.63, 3.8) is 0 Å². The zero-order valence-corrected chi connectivity index (χ0v) is 73.9. The van der Waals surface area contributed by atoms with E-state index in [9.17, 15) is 43.5 Å². The van der Waals surface area contributed by atoms with Gasteiger partial charge in [0.05, 0.1) is 54.6 Å². The third-order valence-electron chi connectivity index (χ3n) is 26.9. The molecule has 3 aliphatic rings. The minimum atomic E-state index is -1.26. The van der Waals surface area contributed by atoms with Crippen LogP contribution in [-0.2, 0) is 36.6 Å². The quantitative estimate of drug-likeness (QED) is 0.00598. The van der Waals surface area contributed by atoms with Gasteiger partial charge >= 0.3 is 29.8 Å². The molecule has 4 amide bonds. The van der Waals surface area contributed by atoms with Gasteiger partial charge < -0.3 is 33.5 Å². The third-order valence-corrected chi connectivity index (χ3v) is 26.9. The number of amides is 4. The van der Waals surface area contributed by atoms with E-state index in [0.29, 0.717) is 164 Å². The predicted molar refractivity (Wildman–Crippen MR) is 509 cm³/mol. The van der Waals surface area contributed by atoms with Gasteiger partial charge in [-0.2, -0.15) is 0 Å². The van der Waals surface area contributed by atoms with Crippen LogP contribution < -0.4 is 9.47 Å². The Morgan fingerprint density at radius 3 is 0.977 bits per heavy atom. The number of carboxylic acid groups (broad SMARTS) is 1. The Morgan fingerprint density at radius 1 is 0.301 bits per heavy atom. The van der Waals surface area contributed by atoms with Gasteiger partial charge in [-0.15, -0.1) is 0 Å². The normalized spacial score (nSPS) is 13.8. The topological polar surface area (TPSA) is 304 Å². The molecule has 22 nitrogen and oxygen atoms in total. The first-order valence-corrected chi connectivity index (χ1v) is 45.5. The van der Waals surface area contributed by atoms with Crippen molar-refractivity contribution in [2.24, 2.45) is 5.92 Å². The standard InChI is InChI=1S/C111H88N2O20/c1-7-11-50-128-108(124)79-43-34-70-68-32-41-77-95-78(42-33-69(91(68)95)71-35-44-80(96(79)92(70)71)109(125)129-51-12-8-2)107(123)113(106(77)122)48-46-58-18-22-60(23-19-58)132-85-54-83-93-74(102(118)82(103(83)119)16-15-17-87(116)117)38-36-72-99-86(55-84(111(127)131-53-14-10-4)97-81(110(126)130-52-13-9-3)45-37-73(101(97)99)98(85)100(72)93)133-61-24-20-59(21-25-61)47-49-112-104(120)75-39-30-66-64-28-26-62(56(5)114)88-63(57(6)115)27-29-65(89(64)88)67-31-40-76(105(112)121)94(75)90(66)67/h18-45,54-55,82H,7-17,46-53H2,1-6H3,(H,116,117). The number of aliphatic carboxylic acids is 1. The predicted octanol–water partition coefficient (Wildman–Crippen LogP) is 23.6. The van der Waals surface area contributed by atoms with Crippen LogP contribution in [0.5, 0.6) is 23.0 Å². The van der Waals surface area contributed by atoms with Crippen LogP contribution in [-0.4, -0.2) is 131 Å². The summed E-state index contributed by atoms with van der Waals surface area (Å²) < 4.78 is 37.7. The summed E-state index contributed by atoms with van der Waals surface area (Å²) in [5, 5.41) is 23.2. The average molecular weight is 1770 g/mol. The molecule has 0 saturated heterocycles. The molecule has 0 aromatic heterocycles. The van der Waals surface area contributed by atoms with E-state index in [1.165, 1.54) is 29.7 Å². The van der Waals surface area contributed by atoms with Crippen LogP contribution in [0.3, 0.4) is 0 Å². The molecule has 0 fully saturated rings. The molecule has 2 heterocycles. The van der Waals surface area contributed by atoms with E-state index >= 15 is 24.0 Å². The number of benzene rings is 17. The van der Waals surface area contributed by atoms with Crippen molar-refractivity contribution in [2.75, 3.05) is 39.5 Å². The molecule has 22 heteroatoms. The number of Topliss-reactive ketones (excluding diaryl/α,β-unsaturated/α-hetero) is 4. The highest BCUT2D eigenvalue weighted by atomic mass is 16.5. The third kappa shape index (κ3) is 14.0. The number of esters is 4. The lowest BCUT2D eigenvalue weighted by molar-refractivity contribution is -0.137. The fourth-order valence-corrected chi connectivity index (χ4v) is 20.5. The van der Waals surface area contributed by atoms with Gasteiger partial charge in [0.1, 0.15) is 23.0 Å². The second-order valence-corrected chi connectivity index (χ2v) is 34.9. The summed E-state index contributed by atoms with van der Waals surface area (Å²) in [6.45, 7) is 11.3. The van der Waals surface area contributed by atoms with Crippen LogP contribution in [0.2, 0.25) is 0 Å². The number of nitrogens with zero attached hydrogens (tertiary/aromatic N) is 2. The number of hydrogen-bond donors (Lipinski definition) is 1. The molecule has 0 saturated carbocycles. The number of carboxylic acids is 1. The summed E-state index contributed by atoms with van der Waals surface area (Å²) in [4.78, 5) is 189. The Kier molecular flexibility index (Phi) is 22.0. The molecule has 17 aromatic carbocycles. The Bertz CT molecular complexity index is 7750. The Labute approximate surface area is 760 Å². The van der Waals surface area contributed by atoms with E-state index < -0.39 is 71.0 Å². The van der Waals surface area contributed by atoms with Crippen molar-refractivity contribution in [2.45, 2.75) is 125 Å². The fourth-order valence-electron chi connectivity index (χ4n) is 20.5. The Morgan fingerprint density at radius 2 is 0.602 bits per heavy atom. The summed E-state index contributed by atoms with van der Waals surface area (Å²) in [5.41, 5.74) is 4.33. The molecule has 0 radical (unpaired) electrons. The minimum Gasteiger partial charge on any atom is -0.481 e. The van der Waals surface area contributed by atoms with Crippen molar-refractivity contribution < 1.29 is 95.9 Å². The number of rotatable bonds is 32. The van der Waals surface area contributed by atoms with Gasteiger partial charge in [0.15, 0.2) is 23.1 Å². The van der Waals surface area contributed by atoms with Crippen molar-refractivity contribution in [3.05, 3.63) is 260 Å². The number of ether oxygens (including phenoxy) is 6. The Balaban J connectivity index is 0.646. The fraction of sp³-hybridized carbons (Fsp3) is 0.234. The highest BCUT2D eigenvalue weighted by Crippen LogP contribution is 2.55. The minimum absolute atomic E-state index is 0.0105. The van der Waals surface area contributed by atoms with Crippen LogP contribution in [0.4, 0.5) is 0 Å². The van der Waals surface area contributed by atoms with Crippen molar-refractivity contribution in [1.82, 2.24) is 9.80 Å². The molecule has 1 unspecified atom stereocenters. The number of ketones is 4. The largest absolute Gasteiger partial charge is 0.481 e. The maximum absolute atomic E-state index is 15.4. The van der Waals surface area contributed by atoms with E-state index in [1.54, 1.807) is 127 Å². The van der Waals surface area contributed by atoms with Crippen molar-refractivity contribution in [3.8, 4) is 23.0 Å². The lowest BCUT2D eigenvalue weighted by Crippen LogP contribution is -2.41. The average Bonchev–Trinajstić information content (AvgIpc) is 0.601. The molecule has 0 spiro atoms. The SMILES string of the molecule is CCCCOC(=O)c1ccc2c3ccc4c5c(ccc(c6ccc(C(=O)OCCCC)c1c26)c53)C(=O)N(CCc1ccc(Oc2cc3c5c(ccc6c7c(Oc8ccc(CCN9C(=O)c%10ccc%11c%12ccc(C(C)=O)c%13c(C(C)=O)ccc(c%14ccc(c%10c%11%14)C9=O)c%13%12)cc8)cc(C(=O)OCCCC)c8c(C(=O)OCCCC)ccc(c2c56)c87)C(=O)C(CCCC(=O)O)C3=O)cc1)C4=O. The highest BCUT2D eigenvalue weighted by molar-refractivity contribution is 6.45. The zero-order chi connectivity index (χ0) is 92.4. The molecule has 662 valence electrons. The molecule has 20 rings (SSSR count). The van der Waals surface area contributed by atoms with Gasteiger partial charge in [-0.1, -0.05) is 157 Å². The van der Waals surface area contributed by atoms with Crippen LogP contribution in [0.15, 0.2) is 182 Å². The summed E-state index contributed by atoms with van der Waals surface area (Å²) in [5.74, 6) is -7.63. The second kappa shape index (κ2) is 34.1. The molecular weight excluding hydrogens is 1680 g/mol. The van der Waals surface area contributed by atoms with Gasteiger partial charge in [-0.25, -0.2) is 19.2 Å². The number of hydrogen-bond acceptors (Lipinski definition) is 19. The molecule has 1 aliphatic carbocycles. The maximum atomic E-state index is 15.4. The number of unbranched alkanes of at least 4 members (excludes halogenated alkanes) is 4. The molecule has 1 N–H and O–H groups in total. The lowest BCUT2D eigenvalue weighted by atomic mass is 9.75. The van der Waals surface area contributed by atoms with E-state index in [4.69, 9.17) is 28.4 Å². The van der Waals surface area contributed by atoms with Crippen molar-refractivity contribution in [1.29, 1.82) is 0 Å². The highest BCUT2D eigenvalue weighted by Gasteiger charge is 2.42. The number of fused-ring (bicyclic) bond motifs is 6. The first kappa shape index (κ1) is 85.6.